The number of methoxy groups -OCH3 is 1. The Balaban J connectivity index is 1.65. The van der Waals surface area contributed by atoms with Gasteiger partial charge in [-0.05, 0) is 55.4 Å². The second kappa shape index (κ2) is 8.46. The van der Waals surface area contributed by atoms with E-state index in [0.29, 0.717) is 12.8 Å². The van der Waals surface area contributed by atoms with Crippen LogP contribution >= 0.6 is 0 Å². The van der Waals surface area contributed by atoms with Crippen LogP contribution in [-0.4, -0.2) is 24.8 Å². The number of benzene rings is 2. The van der Waals surface area contributed by atoms with E-state index in [4.69, 9.17) is 9.47 Å². The first kappa shape index (κ1) is 18.5. The van der Waals surface area contributed by atoms with Gasteiger partial charge in [-0.2, -0.15) is 5.10 Å². The van der Waals surface area contributed by atoms with Crippen molar-refractivity contribution in [3.05, 3.63) is 59.7 Å². The van der Waals surface area contributed by atoms with Crippen LogP contribution < -0.4 is 14.9 Å². The SMILES string of the molecule is COc1ccc(C(CC2=NNC(=O)C2)c2ccccc2)cc1OC1CCCC1. The zero-order valence-electron chi connectivity index (χ0n) is 16.2. The van der Waals surface area contributed by atoms with Gasteiger partial charge >= 0.3 is 0 Å². The van der Waals surface area contributed by atoms with Gasteiger partial charge in [0.05, 0.1) is 19.6 Å². The lowest BCUT2D eigenvalue weighted by atomic mass is 9.86. The van der Waals surface area contributed by atoms with E-state index < -0.39 is 0 Å². The molecule has 2 aromatic carbocycles. The smallest absolute Gasteiger partial charge is 0.245 e. The molecule has 1 aliphatic carbocycles. The summed E-state index contributed by atoms with van der Waals surface area (Å²) < 4.78 is 11.8. The fraction of sp³-hybridized carbons (Fsp3) is 0.391. The van der Waals surface area contributed by atoms with Gasteiger partial charge in [0.15, 0.2) is 11.5 Å². The van der Waals surface area contributed by atoms with Gasteiger partial charge in [0, 0.05) is 11.6 Å². The fourth-order valence-electron chi connectivity index (χ4n) is 4.06. The van der Waals surface area contributed by atoms with Crippen LogP contribution in [0, 0.1) is 0 Å². The predicted molar refractivity (Wildman–Crippen MR) is 109 cm³/mol. The molecule has 2 aromatic rings. The highest BCUT2D eigenvalue weighted by Gasteiger charge is 2.24. The number of rotatable bonds is 7. The summed E-state index contributed by atoms with van der Waals surface area (Å²) in [6.45, 7) is 0. The summed E-state index contributed by atoms with van der Waals surface area (Å²) in [5, 5.41) is 4.21. The van der Waals surface area contributed by atoms with E-state index in [9.17, 15) is 4.79 Å². The normalized spacial score (nSPS) is 17.9. The number of nitrogens with one attached hydrogen (secondary N) is 1. The molecule has 1 heterocycles. The maximum absolute atomic E-state index is 11.6. The van der Waals surface area contributed by atoms with Gasteiger partial charge < -0.3 is 9.47 Å². The number of ether oxygens (including phenoxy) is 2. The van der Waals surface area contributed by atoms with E-state index in [-0.39, 0.29) is 17.9 Å². The number of carbonyl (C=O) groups excluding carboxylic acids is 1. The number of nitrogens with zero attached hydrogens (tertiary/aromatic N) is 1. The van der Waals surface area contributed by atoms with Gasteiger partial charge in [-0.1, -0.05) is 36.4 Å². The molecule has 2 aliphatic rings. The Morgan fingerprint density at radius 2 is 1.86 bits per heavy atom. The Bertz CT molecular complexity index is 857. The third-order valence-electron chi connectivity index (χ3n) is 5.53. The average Bonchev–Trinajstić information content (AvgIpc) is 3.38. The van der Waals surface area contributed by atoms with Gasteiger partial charge in [0.1, 0.15) is 0 Å². The van der Waals surface area contributed by atoms with Gasteiger partial charge in [0.25, 0.3) is 0 Å². The van der Waals surface area contributed by atoms with E-state index in [0.717, 1.165) is 35.6 Å². The molecular weight excluding hydrogens is 352 g/mol. The van der Waals surface area contributed by atoms with Crippen LogP contribution in [0.1, 0.15) is 55.6 Å². The Morgan fingerprint density at radius 1 is 1.07 bits per heavy atom. The molecule has 5 nitrogen and oxygen atoms in total. The number of carbonyl (C=O) groups is 1. The molecule has 1 unspecified atom stereocenters. The molecule has 5 heteroatoms. The molecule has 1 fully saturated rings. The van der Waals surface area contributed by atoms with E-state index >= 15 is 0 Å². The van der Waals surface area contributed by atoms with Crippen molar-refractivity contribution < 1.29 is 14.3 Å². The first-order valence-electron chi connectivity index (χ1n) is 9.97. The van der Waals surface area contributed by atoms with Crippen LogP contribution in [0.4, 0.5) is 0 Å². The zero-order chi connectivity index (χ0) is 19.3. The molecule has 1 saturated carbocycles. The second-order valence-electron chi connectivity index (χ2n) is 7.49. The van der Waals surface area contributed by atoms with Crippen LogP contribution in [0.25, 0.3) is 0 Å². The number of amides is 1. The summed E-state index contributed by atoms with van der Waals surface area (Å²) in [5.41, 5.74) is 5.78. The van der Waals surface area contributed by atoms with Crippen molar-refractivity contribution in [2.45, 2.75) is 50.5 Å². The lowest BCUT2D eigenvalue weighted by molar-refractivity contribution is -0.119. The van der Waals surface area contributed by atoms with Crippen molar-refractivity contribution in [2.75, 3.05) is 7.11 Å². The quantitative estimate of drug-likeness (QED) is 0.776. The van der Waals surface area contributed by atoms with Crippen LogP contribution in [0.15, 0.2) is 53.6 Å². The van der Waals surface area contributed by atoms with Crippen molar-refractivity contribution in [3.63, 3.8) is 0 Å². The third-order valence-corrected chi connectivity index (χ3v) is 5.53. The second-order valence-corrected chi connectivity index (χ2v) is 7.49. The zero-order valence-corrected chi connectivity index (χ0v) is 16.2. The standard InChI is InChI=1S/C23H26N2O3/c1-27-21-12-11-17(13-22(21)28-19-9-5-6-10-19)20(16-7-3-2-4-8-16)14-18-15-23(26)25-24-18/h2-4,7-8,11-13,19-20H,5-6,9-10,14-15H2,1H3,(H,25,26). The van der Waals surface area contributed by atoms with Crippen molar-refractivity contribution in [1.29, 1.82) is 0 Å². The minimum Gasteiger partial charge on any atom is -0.493 e. The molecule has 1 aliphatic heterocycles. The van der Waals surface area contributed by atoms with Crippen LogP contribution in [0.3, 0.4) is 0 Å². The minimum atomic E-state index is -0.0400. The van der Waals surface area contributed by atoms with Crippen LogP contribution in [0.5, 0.6) is 11.5 Å². The fourth-order valence-corrected chi connectivity index (χ4v) is 4.06. The number of hydrogen-bond acceptors (Lipinski definition) is 4. The molecule has 0 aromatic heterocycles. The van der Waals surface area contributed by atoms with Gasteiger partial charge in [-0.25, -0.2) is 5.43 Å². The summed E-state index contributed by atoms with van der Waals surface area (Å²) in [6, 6.07) is 16.5. The topological polar surface area (TPSA) is 59.9 Å². The number of hydrogen-bond donors (Lipinski definition) is 1. The Morgan fingerprint density at radius 3 is 2.54 bits per heavy atom. The number of hydrazone groups is 1. The van der Waals surface area contributed by atoms with Crippen molar-refractivity contribution in [2.24, 2.45) is 5.10 Å². The van der Waals surface area contributed by atoms with Crippen LogP contribution in [-0.2, 0) is 4.79 Å². The summed E-state index contributed by atoms with van der Waals surface area (Å²) in [6.07, 6.45) is 5.96. The summed E-state index contributed by atoms with van der Waals surface area (Å²) in [7, 11) is 1.68. The molecule has 28 heavy (non-hydrogen) atoms. The third kappa shape index (κ3) is 4.19. The predicted octanol–water partition coefficient (Wildman–Crippen LogP) is 4.41. The minimum absolute atomic E-state index is 0.0400. The first-order valence-corrected chi connectivity index (χ1v) is 9.97. The highest BCUT2D eigenvalue weighted by atomic mass is 16.5. The maximum Gasteiger partial charge on any atom is 0.245 e. The van der Waals surface area contributed by atoms with E-state index in [1.165, 1.54) is 18.4 Å². The Labute approximate surface area is 165 Å². The van der Waals surface area contributed by atoms with Gasteiger partial charge in [0.2, 0.25) is 5.91 Å². The summed E-state index contributed by atoms with van der Waals surface area (Å²) in [5.74, 6) is 1.62. The molecule has 1 amide bonds. The molecule has 0 bridgehead atoms. The monoisotopic (exact) mass is 378 g/mol. The molecule has 1 atom stereocenters. The maximum atomic E-state index is 11.6. The molecule has 0 spiro atoms. The van der Waals surface area contributed by atoms with E-state index in [2.05, 4.69) is 34.8 Å². The molecule has 1 N–H and O–H groups in total. The molecular formula is C23H26N2O3. The average molecular weight is 378 g/mol. The van der Waals surface area contributed by atoms with Crippen molar-refractivity contribution >= 4 is 11.6 Å². The van der Waals surface area contributed by atoms with Crippen molar-refractivity contribution in [3.8, 4) is 11.5 Å². The lowest BCUT2D eigenvalue weighted by Gasteiger charge is -2.21. The Hall–Kier alpha value is -2.82. The van der Waals surface area contributed by atoms with Crippen LogP contribution in [0.2, 0.25) is 0 Å². The highest BCUT2D eigenvalue weighted by molar-refractivity contribution is 6.05. The molecule has 4 rings (SSSR count). The Kier molecular flexibility index (Phi) is 5.60. The van der Waals surface area contributed by atoms with E-state index in [1.54, 1.807) is 7.11 Å². The van der Waals surface area contributed by atoms with Gasteiger partial charge in [-0.15, -0.1) is 0 Å². The van der Waals surface area contributed by atoms with E-state index in [1.807, 2.05) is 24.3 Å². The van der Waals surface area contributed by atoms with Crippen molar-refractivity contribution in [1.82, 2.24) is 5.43 Å². The van der Waals surface area contributed by atoms with Gasteiger partial charge in [-0.3, -0.25) is 4.79 Å². The summed E-state index contributed by atoms with van der Waals surface area (Å²) in [4.78, 5) is 11.6. The first-order chi connectivity index (χ1) is 13.7. The molecule has 146 valence electrons. The highest BCUT2D eigenvalue weighted by Crippen LogP contribution is 2.37. The molecule has 0 radical (unpaired) electrons. The lowest BCUT2D eigenvalue weighted by Crippen LogP contribution is -2.13. The largest absolute Gasteiger partial charge is 0.493 e. The molecule has 0 saturated heterocycles. The summed E-state index contributed by atoms with van der Waals surface area (Å²) >= 11 is 0.